The Morgan fingerprint density at radius 2 is 2.00 bits per heavy atom. The number of aliphatic hydroxyl groups is 1. The molecule has 2 atom stereocenters. The molecule has 0 bridgehead atoms. The smallest absolute Gasteiger partial charge is 0.325 e. The van der Waals surface area contributed by atoms with Crippen LogP contribution in [0.25, 0.3) is 0 Å². The Balaban J connectivity index is 2.10. The third kappa shape index (κ3) is 7.74. The lowest BCUT2D eigenvalue weighted by atomic mass is 10.0. The molecule has 1 heterocycles. The van der Waals surface area contributed by atoms with E-state index in [0.29, 0.717) is 50.2 Å². The minimum atomic E-state index is -1.51. The van der Waals surface area contributed by atoms with Crippen molar-refractivity contribution in [2.24, 2.45) is 0 Å². The number of ether oxygens (including phenoxy) is 3. The lowest BCUT2D eigenvalue weighted by Gasteiger charge is -2.24. The predicted octanol–water partition coefficient (Wildman–Crippen LogP) is 0.542. The van der Waals surface area contributed by atoms with Crippen LogP contribution in [0.2, 0.25) is 0 Å². The minimum Gasteiger partial charge on any atom is -0.465 e. The van der Waals surface area contributed by atoms with E-state index in [-0.39, 0.29) is 19.8 Å². The summed E-state index contributed by atoms with van der Waals surface area (Å²) in [5.74, 6) is -1.74. The van der Waals surface area contributed by atoms with Crippen molar-refractivity contribution in [3.8, 4) is 0 Å². The monoisotopic (exact) mass is 422 g/mol. The second kappa shape index (κ2) is 12.9. The molecule has 1 aliphatic rings. The fourth-order valence-corrected chi connectivity index (χ4v) is 3.05. The Hall–Kier alpha value is -2.49. The maximum Gasteiger partial charge on any atom is 0.325 e. The molecule has 0 spiro atoms. The largest absolute Gasteiger partial charge is 0.465 e. The van der Waals surface area contributed by atoms with Crippen molar-refractivity contribution in [1.82, 2.24) is 10.6 Å². The van der Waals surface area contributed by atoms with Crippen molar-refractivity contribution < 1.29 is 33.7 Å². The molecule has 3 N–H and O–H groups in total. The normalized spacial score (nSPS) is 19.5. The first-order valence-corrected chi connectivity index (χ1v) is 10.2. The second-order valence-electron chi connectivity index (χ2n) is 6.87. The van der Waals surface area contributed by atoms with Gasteiger partial charge in [-0.05, 0) is 37.8 Å². The quantitative estimate of drug-likeness (QED) is 0.592. The molecule has 0 saturated heterocycles. The topological polar surface area (TPSA) is 123 Å². The Labute approximate surface area is 176 Å². The van der Waals surface area contributed by atoms with Gasteiger partial charge in [-0.1, -0.05) is 18.2 Å². The highest BCUT2D eigenvalue weighted by Gasteiger charge is 2.28. The zero-order valence-electron chi connectivity index (χ0n) is 17.2. The van der Waals surface area contributed by atoms with Gasteiger partial charge in [-0.3, -0.25) is 14.4 Å². The van der Waals surface area contributed by atoms with Gasteiger partial charge in [-0.25, -0.2) is 0 Å². The fourth-order valence-electron chi connectivity index (χ4n) is 3.05. The number of carbonyl (C=O) groups excluding carboxylic acids is 3. The van der Waals surface area contributed by atoms with Crippen LogP contribution >= 0.6 is 0 Å². The van der Waals surface area contributed by atoms with E-state index < -0.39 is 29.9 Å². The molecule has 0 aromatic heterocycles. The van der Waals surface area contributed by atoms with Crippen molar-refractivity contribution >= 4 is 17.8 Å². The van der Waals surface area contributed by atoms with Crippen molar-refractivity contribution in [1.29, 1.82) is 0 Å². The molecule has 1 unspecified atom stereocenters. The average Bonchev–Trinajstić information content (AvgIpc) is 2.74. The molecule has 0 fully saturated rings. The van der Waals surface area contributed by atoms with Crippen LogP contribution in [-0.4, -0.2) is 68.0 Å². The molecule has 1 aliphatic heterocycles. The van der Waals surface area contributed by atoms with E-state index in [0.717, 1.165) is 0 Å². The number of rotatable bonds is 5. The summed E-state index contributed by atoms with van der Waals surface area (Å²) < 4.78 is 15.8. The highest BCUT2D eigenvalue weighted by atomic mass is 16.5. The summed E-state index contributed by atoms with van der Waals surface area (Å²) in [6.07, 6.45) is 0.206. The van der Waals surface area contributed by atoms with Crippen molar-refractivity contribution in [3.63, 3.8) is 0 Å². The molecule has 1 aromatic rings. The third-order valence-corrected chi connectivity index (χ3v) is 4.62. The summed E-state index contributed by atoms with van der Waals surface area (Å²) in [7, 11) is 0. The van der Waals surface area contributed by atoms with Crippen LogP contribution in [0.15, 0.2) is 24.3 Å². The number of amides is 2. The Kier molecular flexibility index (Phi) is 10.3. The van der Waals surface area contributed by atoms with Gasteiger partial charge in [0.2, 0.25) is 0 Å². The predicted molar refractivity (Wildman–Crippen MR) is 108 cm³/mol. The summed E-state index contributed by atoms with van der Waals surface area (Å²) in [6.45, 7) is 3.16. The van der Waals surface area contributed by atoms with Gasteiger partial charge in [-0.15, -0.1) is 0 Å². The molecule has 2 rings (SSSR count). The summed E-state index contributed by atoms with van der Waals surface area (Å²) >= 11 is 0. The lowest BCUT2D eigenvalue weighted by Crippen LogP contribution is -2.51. The fraction of sp³-hybridized carbons (Fsp3) is 0.571. The average molecular weight is 422 g/mol. The zero-order valence-corrected chi connectivity index (χ0v) is 17.2. The van der Waals surface area contributed by atoms with Crippen molar-refractivity contribution in [2.75, 3.05) is 33.0 Å². The van der Waals surface area contributed by atoms with Gasteiger partial charge in [-0.2, -0.15) is 0 Å². The summed E-state index contributed by atoms with van der Waals surface area (Å²) in [5.41, 5.74) is 1.12. The number of hydrogen-bond acceptors (Lipinski definition) is 7. The van der Waals surface area contributed by atoms with Gasteiger partial charge < -0.3 is 30.0 Å². The Morgan fingerprint density at radius 3 is 2.80 bits per heavy atom. The second-order valence-corrected chi connectivity index (χ2v) is 6.87. The maximum atomic E-state index is 12.9. The molecular weight excluding hydrogens is 392 g/mol. The lowest BCUT2D eigenvalue weighted by molar-refractivity contribution is -0.144. The van der Waals surface area contributed by atoms with Crippen LogP contribution in [0.3, 0.4) is 0 Å². The molecule has 30 heavy (non-hydrogen) atoms. The van der Waals surface area contributed by atoms with E-state index in [2.05, 4.69) is 10.6 Å². The number of benzene rings is 1. The van der Waals surface area contributed by atoms with Gasteiger partial charge in [0, 0.05) is 12.2 Å². The summed E-state index contributed by atoms with van der Waals surface area (Å²) in [4.78, 5) is 36.6. The standard InChI is InChI=1S/C21H30N2O7/c1-2-30-18(24)13-22-21(27)19(25)17-9-5-6-10-28-11-12-29-14-15-7-3-4-8-16(15)20(26)23-17/h3-4,7-8,17,19,25H,2,5-6,9-14H2,1H3,(H,22,27)(H,23,26)/t17-,19?/m0/s1. The molecule has 2 amide bonds. The van der Waals surface area contributed by atoms with Crippen LogP contribution in [0.5, 0.6) is 0 Å². The minimum absolute atomic E-state index is 0.196. The van der Waals surface area contributed by atoms with Crippen LogP contribution < -0.4 is 10.6 Å². The highest BCUT2D eigenvalue weighted by Crippen LogP contribution is 2.13. The van der Waals surface area contributed by atoms with Gasteiger partial charge in [0.1, 0.15) is 6.54 Å². The van der Waals surface area contributed by atoms with Gasteiger partial charge >= 0.3 is 5.97 Å². The number of hydrogen-bond donors (Lipinski definition) is 3. The molecular formula is C21H30N2O7. The number of aliphatic hydroxyl groups excluding tert-OH is 1. The Morgan fingerprint density at radius 1 is 1.23 bits per heavy atom. The van der Waals surface area contributed by atoms with Crippen LogP contribution in [0.4, 0.5) is 0 Å². The first kappa shape index (κ1) is 23.8. The Bertz CT molecular complexity index is 710. The molecule has 0 saturated carbocycles. The van der Waals surface area contributed by atoms with Crippen molar-refractivity contribution in [2.45, 2.75) is 44.9 Å². The van der Waals surface area contributed by atoms with Gasteiger partial charge in [0.05, 0.1) is 32.5 Å². The van der Waals surface area contributed by atoms with E-state index in [4.69, 9.17) is 14.2 Å². The van der Waals surface area contributed by atoms with E-state index >= 15 is 0 Å². The SMILES string of the molecule is CCOC(=O)CNC(=O)C(O)[C@@H]1CCCCOCCOCc2ccccc2C(=O)N1. The maximum absolute atomic E-state index is 12.9. The van der Waals surface area contributed by atoms with Crippen LogP contribution in [0, 0.1) is 0 Å². The summed E-state index contributed by atoms with van der Waals surface area (Å²) in [5, 5.41) is 15.6. The first-order valence-electron chi connectivity index (χ1n) is 10.2. The molecule has 0 radical (unpaired) electrons. The van der Waals surface area contributed by atoms with E-state index in [1.54, 1.807) is 25.1 Å². The zero-order chi connectivity index (χ0) is 21.8. The van der Waals surface area contributed by atoms with E-state index in [1.807, 2.05) is 6.07 Å². The number of fused-ring (bicyclic) bond motifs is 1. The first-order chi connectivity index (χ1) is 14.5. The number of carbonyl (C=O) groups is 3. The molecule has 166 valence electrons. The third-order valence-electron chi connectivity index (χ3n) is 4.62. The molecule has 9 heteroatoms. The molecule has 1 aromatic carbocycles. The van der Waals surface area contributed by atoms with Gasteiger partial charge in [0.25, 0.3) is 11.8 Å². The highest BCUT2D eigenvalue weighted by molar-refractivity contribution is 5.96. The van der Waals surface area contributed by atoms with E-state index in [1.165, 1.54) is 0 Å². The van der Waals surface area contributed by atoms with Crippen LogP contribution in [-0.2, 0) is 30.4 Å². The van der Waals surface area contributed by atoms with Crippen LogP contribution in [0.1, 0.15) is 42.1 Å². The van der Waals surface area contributed by atoms with E-state index in [9.17, 15) is 19.5 Å². The molecule has 0 aliphatic carbocycles. The number of esters is 1. The summed E-state index contributed by atoms with van der Waals surface area (Å²) in [6, 6.07) is 6.18. The van der Waals surface area contributed by atoms with Crippen molar-refractivity contribution in [3.05, 3.63) is 35.4 Å². The van der Waals surface area contributed by atoms with Gasteiger partial charge in [0.15, 0.2) is 6.10 Å². The molecule has 9 nitrogen and oxygen atoms in total. The number of nitrogens with one attached hydrogen (secondary N) is 2.